The summed E-state index contributed by atoms with van der Waals surface area (Å²) in [6.45, 7) is 0. The van der Waals surface area contributed by atoms with Gasteiger partial charge in [0.15, 0.2) is 5.13 Å². The number of benzene rings is 2. The highest BCUT2D eigenvalue weighted by molar-refractivity contribution is 7.22. The van der Waals surface area contributed by atoms with Gasteiger partial charge in [-0.3, -0.25) is 10.1 Å². The number of aromatic nitrogens is 1. The molecule has 5 nitrogen and oxygen atoms in total. The molecule has 0 unspecified atom stereocenters. The number of hydrogen-bond acceptors (Lipinski definition) is 6. The number of nitrogens with one attached hydrogen (secondary N) is 1. The molecule has 0 spiro atoms. The number of hydrogen-bond donors (Lipinski definition) is 1. The molecule has 0 radical (unpaired) electrons. The Kier molecular flexibility index (Phi) is 4.98. The summed E-state index contributed by atoms with van der Waals surface area (Å²) >= 11 is 8.95. The molecular weight excluding hydrogens is 404 g/mol. The molecule has 0 saturated heterocycles. The molecule has 4 aromatic rings. The minimum Gasteiger partial charge on any atom is -0.497 e. The average molecular weight is 417 g/mol. The topological polar surface area (TPSA) is 60.5 Å². The molecule has 2 heterocycles. The largest absolute Gasteiger partial charge is 0.497 e. The maximum atomic E-state index is 12.6. The van der Waals surface area contributed by atoms with E-state index >= 15 is 0 Å². The van der Waals surface area contributed by atoms with E-state index in [9.17, 15) is 4.79 Å². The van der Waals surface area contributed by atoms with Crippen LogP contribution in [0, 0.1) is 0 Å². The van der Waals surface area contributed by atoms with Crippen molar-refractivity contribution in [1.29, 1.82) is 0 Å². The van der Waals surface area contributed by atoms with Crippen molar-refractivity contribution >= 4 is 55.4 Å². The molecule has 0 aliphatic rings. The summed E-state index contributed by atoms with van der Waals surface area (Å²) in [5.74, 6) is 1.12. The Morgan fingerprint density at radius 2 is 1.81 bits per heavy atom. The van der Waals surface area contributed by atoms with Crippen LogP contribution in [0.2, 0.25) is 5.02 Å². The summed E-state index contributed by atoms with van der Waals surface area (Å²) in [4.78, 5) is 17.2. The Labute approximate surface area is 168 Å². The quantitative estimate of drug-likeness (QED) is 0.429. The lowest BCUT2D eigenvalue weighted by Gasteiger charge is -2.03. The van der Waals surface area contributed by atoms with Crippen LogP contribution < -0.4 is 14.8 Å². The van der Waals surface area contributed by atoms with Gasteiger partial charge < -0.3 is 9.47 Å². The van der Waals surface area contributed by atoms with Crippen LogP contribution in [0.15, 0.2) is 54.7 Å². The maximum absolute atomic E-state index is 12.6. The first-order chi connectivity index (χ1) is 13.1. The van der Waals surface area contributed by atoms with Gasteiger partial charge in [-0.05, 0) is 30.3 Å². The lowest BCUT2D eigenvalue weighted by Crippen LogP contribution is -2.10. The van der Waals surface area contributed by atoms with Crippen LogP contribution in [0.1, 0.15) is 9.67 Å². The molecule has 0 aliphatic heterocycles. The number of amides is 1. The fourth-order valence-electron chi connectivity index (χ4n) is 2.44. The smallest absolute Gasteiger partial charge is 0.269 e. The Morgan fingerprint density at radius 3 is 2.56 bits per heavy atom. The van der Waals surface area contributed by atoms with Gasteiger partial charge in [-0.25, -0.2) is 4.98 Å². The first kappa shape index (κ1) is 17.8. The zero-order chi connectivity index (χ0) is 18.8. The molecule has 2 aromatic carbocycles. The zero-order valence-corrected chi connectivity index (χ0v) is 16.5. The fraction of sp³-hybridized carbons (Fsp3) is 0.0526. The number of thiophene rings is 1. The first-order valence-electron chi connectivity index (χ1n) is 7.90. The number of carbonyl (C=O) groups is 1. The van der Waals surface area contributed by atoms with Gasteiger partial charge in [0.2, 0.25) is 5.06 Å². The molecular formula is C19H13ClN2O3S2. The molecule has 0 fully saturated rings. The van der Waals surface area contributed by atoms with Crippen molar-refractivity contribution in [2.45, 2.75) is 0 Å². The molecule has 0 bridgehead atoms. The minimum atomic E-state index is -0.286. The van der Waals surface area contributed by atoms with Gasteiger partial charge in [0.05, 0.1) is 18.3 Å². The van der Waals surface area contributed by atoms with Gasteiger partial charge >= 0.3 is 0 Å². The number of thiazole rings is 1. The van der Waals surface area contributed by atoms with E-state index in [4.69, 9.17) is 21.1 Å². The van der Waals surface area contributed by atoms with Crippen LogP contribution in [0.25, 0.3) is 10.1 Å². The Morgan fingerprint density at radius 1 is 1.07 bits per heavy atom. The van der Waals surface area contributed by atoms with E-state index in [1.165, 1.54) is 22.7 Å². The van der Waals surface area contributed by atoms with E-state index in [0.29, 0.717) is 25.8 Å². The predicted molar refractivity (Wildman–Crippen MR) is 110 cm³/mol. The van der Waals surface area contributed by atoms with Gasteiger partial charge in [-0.1, -0.05) is 41.1 Å². The van der Waals surface area contributed by atoms with Gasteiger partial charge in [0, 0.05) is 10.1 Å². The molecule has 27 heavy (non-hydrogen) atoms. The maximum Gasteiger partial charge on any atom is 0.269 e. The second-order valence-electron chi connectivity index (χ2n) is 5.46. The van der Waals surface area contributed by atoms with Crippen molar-refractivity contribution in [3.63, 3.8) is 0 Å². The van der Waals surface area contributed by atoms with Crippen molar-refractivity contribution in [3.05, 3.63) is 64.6 Å². The summed E-state index contributed by atoms with van der Waals surface area (Å²) in [7, 11) is 1.61. The monoisotopic (exact) mass is 416 g/mol. The van der Waals surface area contributed by atoms with Gasteiger partial charge in [-0.2, -0.15) is 0 Å². The third-order valence-corrected chi connectivity index (χ3v) is 6.19. The summed E-state index contributed by atoms with van der Waals surface area (Å²) in [5.41, 5.74) is 0. The van der Waals surface area contributed by atoms with Crippen molar-refractivity contribution in [2.75, 3.05) is 12.4 Å². The average Bonchev–Trinajstić information content (AvgIpc) is 3.27. The Hall–Kier alpha value is -2.61. The number of ether oxygens (including phenoxy) is 2. The fourth-order valence-corrected chi connectivity index (χ4v) is 4.53. The number of anilines is 1. The molecule has 0 saturated carbocycles. The standard InChI is InChI=1S/C19H13ClN2O3S2/c1-24-11-6-8-12(9-7-11)25-15-10-21-19(27-15)22-18(23)17-16(20)13-4-2-3-5-14(13)26-17/h2-10H,1H3,(H,21,22,23). The molecule has 1 amide bonds. The van der Waals surface area contributed by atoms with Gasteiger partial charge in [-0.15, -0.1) is 11.3 Å². The lowest BCUT2D eigenvalue weighted by molar-refractivity contribution is 0.103. The molecule has 0 aliphatic carbocycles. The number of halogens is 1. The molecule has 4 rings (SSSR count). The summed E-state index contributed by atoms with van der Waals surface area (Å²) in [6, 6.07) is 14.9. The number of carbonyl (C=O) groups excluding carboxylic acids is 1. The van der Waals surface area contributed by atoms with E-state index in [1.807, 2.05) is 36.4 Å². The SMILES string of the molecule is COc1ccc(Oc2cnc(NC(=O)c3sc4ccccc4c3Cl)s2)cc1. The number of rotatable bonds is 5. The number of fused-ring (bicyclic) bond motifs is 1. The van der Waals surface area contributed by atoms with Gasteiger partial charge in [0.1, 0.15) is 16.4 Å². The summed E-state index contributed by atoms with van der Waals surface area (Å²) in [6.07, 6.45) is 1.57. The second kappa shape index (κ2) is 7.56. The van der Waals surface area contributed by atoms with Crippen LogP contribution in [0.3, 0.4) is 0 Å². The highest BCUT2D eigenvalue weighted by atomic mass is 35.5. The summed E-state index contributed by atoms with van der Waals surface area (Å²) < 4.78 is 11.8. The normalized spacial score (nSPS) is 10.7. The van der Waals surface area contributed by atoms with Crippen LogP contribution in [0.4, 0.5) is 5.13 Å². The predicted octanol–water partition coefficient (Wildman–Crippen LogP) is 6.06. The third-order valence-electron chi connectivity index (χ3n) is 3.72. The number of methoxy groups -OCH3 is 1. The molecule has 2 aromatic heterocycles. The van der Waals surface area contributed by atoms with E-state index in [-0.39, 0.29) is 5.91 Å². The van der Waals surface area contributed by atoms with Crippen molar-refractivity contribution in [1.82, 2.24) is 4.98 Å². The van der Waals surface area contributed by atoms with E-state index in [2.05, 4.69) is 10.3 Å². The third kappa shape index (κ3) is 3.75. The second-order valence-corrected chi connectivity index (χ2v) is 7.88. The highest BCUT2D eigenvalue weighted by Crippen LogP contribution is 2.36. The molecule has 136 valence electrons. The zero-order valence-electron chi connectivity index (χ0n) is 14.1. The van der Waals surface area contributed by atoms with Crippen LogP contribution in [-0.2, 0) is 0 Å². The van der Waals surface area contributed by atoms with E-state index in [0.717, 1.165) is 15.8 Å². The van der Waals surface area contributed by atoms with Gasteiger partial charge in [0.25, 0.3) is 5.91 Å². The van der Waals surface area contributed by atoms with Crippen LogP contribution in [0.5, 0.6) is 16.6 Å². The molecule has 1 N–H and O–H groups in total. The lowest BCUT2D eigenvalue weighted by atomic mass is 10.2. The minimum absolute atomic E-state index is 0.286. The van der Waals surface area contributed by atoms with Crippen molar-refractivity contribution in [3.8, 4) is 16.6 Å². The molecule has 0 atom stereocenters. The Balaban J connectivity index is 1.48. The van der Waals surface area contributed by atoms with Crippen LogP contribution >= 0.6 is 34.3 Å². The van der Waals surface area contributed by atoms with E-state index in [1.54, 1.807) is 25.4 Å². The van der Waals surface area contributed by atoms with Crippen LogP contribution in [-0.4, -0.2) is 18.0 Å². The van der Waals surface area contributed by atoms with Crippen molar-refractivity contribution in [2.24, 2.45) is 0 Å². The van der Waals surface area contributed by atoms with Crippen molar-refractivity contribution < 1.29 is 14.3 Å². The van der Waals surface area contributed by atoms with E-state index < -0.39 is 0 Å². The molecule has 8 heteroatoms. The first-order valence-corrected chi connectivity index (χ1v) is 9.91. The summed E-state index contributed by atoms with van der Waals surface area (Å²) in [5, 5.41) is 5.12. The number of nitrogens with zero attached hydrogens (tertiary/aromatic N) is 1. The highest BCUT2D eigenvalue weighted by Gasteiger charge is 2.18. The Bertz CT molecular complexity index is 1110.